The van der Waals surface area contributed by atoms with Crippen molar-refractivity contribution in [2.45, 2.75) is 64.4 Å². The number of hydrogen-bond donors (Lipinski definition) is 1. The largest absolute Gasteiger partial charge is 0.479 e. The van der Waals surface area contributed by atoms with Crippen LogP contribution in [0, 0.1) is 0 Å². The second-order valence-electron chi connectivity index (χ2n) is 8.73. The van der Waals surface area contributed by atoms with E-state index in [2.05, 4.69) is 5.32 Å². The van der Waals surface area contributed by atoms with Crippen LogP contribution < -0.4 is 5.32 Å². The van der Waals surface area contributed by atoms with E-state index in [0.29, 0.717) is 28.5 Å². The number of nitrogens with zero attached hydrogens (tertiary/aromatic N) is 1. The van der Waals surface area contributed by atoms with Gasteiger partial charge in [-0.15, -0.1) is 0 Å². The van der Waals surface area contributed by atoms with Crippen LogP contribution in [0.4, 0.5) is 4.79 Å². The van der Waals surface area contributed by atoms with Gasteiger partial charge in [-0.25, -0.2) is 4.79 Å². The van der Waals surface area contributed by atoms with Gasteiger partial charge in [0.25, 0.3) is 11.8 Å². The minimum atomic E-state index is -0.757. The molecular formula is C22H30N2O5S2. The second-order valence-corrected chi connectivity index (χ2v) is 10.5. The molecule has 1 unspecified atom stereocenters. The Morgan fingerprint density at radius 3 is 2.16 bits per heavy atom. The summed E-state index contributed by atoms with van der Waals surface area (Å²) in [6.45, 7) is 11.5. The van der Waals surface area contributed by atoms with E-state index < -0.39 is 17.2 Å². The molecule has 7 nitrogen and oxygen atoms in total. The number of amides is 3. The molecule has 1 aliphatic rings. The molecule has 31 heavy (non-hydrogen) atoms. The van der Waals surface area contributed by atoms with Crippen LogP contribution in [-0.4, -0.2) is 56.7 Å². The highest BCUT2D eigenvalue weighted by molar-refractivity contribution is 8.23. The summed E-state index contributed by atoms with van der Waals surface area (Å²) in [6.07, 6.45) is -0.141. The van der Waals surface area contributed by atoms with Crippen molar-refractivity contribution < 1.29 is 23.9 Å². The first-order valence-electron chi connectivity index (χ1n) is 10.2. The van der Waals surface area contributed by atoms with Crippen LogP contribution in [0.3, 0.4) is 0 Å². The molecule has 0 bridgehead atoms. The normalized spacial score (nSPS) is 14.8. The van der Waals surface area contributed by atoms with E-state index in [4.69, 9.17) is 21.7 Å². The zero-order chi connectivity index (χ0) is 23.4. The van der Waals surface area contributed by atoms with Gasteiger partial charge in [-0.3, -0.25) is 14.5 Å². The molecule has 1 N–H and O–H groups in total. The number of thiocarbonyl (C=S) groups is 1. The Morgan fingerprint density at radius 1 is 1.13 bits per heavy atom. The molecule has 1 aromatic carbocycles. The van der Waals surface area contributed by atoms with E-state index in [1.165, 1.54) is 16.7 Å². The van der Waals surface area contributed by atoms with Crippen molar-refractivity contribution in [2.24, 2.45) is 0 Å². The predicted octanol–water partition coefficient (Wildman–Crippen LogP) is 4.40. The molecule has 0 saturated carbocycles. The van der Waals surface area contributed by atoms with E-state index in [-0.39, 0.29) is 23.6 Å². The van der Waals surface area contributed by atoms with E-state index >= 15 is 0 Å². The number of rotatable bonds is 7. The standard InChI is InChI=1S/C22H30N2O5S2/c1-7-28-20(30)31-16(22(5,6)23-19(27)29-21(2,3)4)12-13-24-17(25)14-10-8-9-11-15(14)18(24)26/h8-11,16H,7,12-13H2,1-6H3,(H,23,27). The number of imide groups is 1. The molecule has 2 rings (SSSR count). The average Bonchev–Trinajstić information content (AvgIpc) is 2.88. The molecule has 1 atom stereocenters. The van der Waals surface area contributed by atoms with Gasteiger partial charge in [-0.05, 0) is 72.3 Å². The van der Waals surface area contributed by atoms with Gasteiger partial charge in [0.2, 0.25) is 4.38 Å². The molecule has 170 valence electrons. The molecule has 0 radical (unpaired) electrons. The quantitative estimate of drug-likeness (QED) is 0.471. The van der Waals surface area contributed by atoms with Gasteiger partial charge in [0, 0.05) is 11.8 Å². The maximum absolute atomic E-state index is 12.7. The molecule has 0 spiro atoms. The number of carbonyl (C=O) groups excluding carboxylic acids is 3. The zero-order valence-electron chi connectivity index (χ0n) is 18.8. The highest BCUT2D eigenvalue weighted by Crippen LogP contribution is 2.31. The molecule has 9 heteroatoms. The Labute approximate surface area is 193 Å². The Kier molecular flexibility index (Phi) is 8.10. The maximum atomic E-state index is 12.7. The minimum absolute atomic E-state index is 0.193. The Hall–Kier alpha value is -2.13. The summed E-state index contributed by atoms with van der Waals surface area (Å²) in [5, 5.41) is 2.62. The number of thioether (sulfide) groups is 1. The average molecular weight is 467 g/mol. The van der Waals surface area contributed by atoms with Crippen LogP contribution in [0.25, 0.3) is 0 Å². The maximum Gasteiger partial charge on any atom is 0.408 e. The highest BCUT2D eigenvalue weighted by Gasteiger charge is 2.39. The van der Waals surface area contributed by atoms with Crippen molar-refractivity contribution >= 4 is 46.3 Å². The lowest BCUT2D eigenvalue weighted by molar-refractivity contribution is 0.0463. The van der Waals surface area contributed by atoms with Crippen LogP contribution in [0.15, 0.2) is 24.3 Å². The number of benzene rings is 1. The van der Waals surface area contributed by atoms with E-state index in [1.54, 1.807) is 45.0 Å². The summed E-state index contributed by atoms with van der Waals surface area (Å²) in [6, 6.07) is 6.78. The fourth-order valence-electron chi connectivity index (χ4n) is 3.17. The molecule has 1 heterocycles. The summed E-state index contributed by atoms with van der Waals surface area (Å²) >= 11 is 6.60. The van der Waals surface area contributed by atoms with Crippen molar-refractivity contribution in [1.82, 2.24) is 10.2 Å². The smallest absolute Gasteiger partial charge is 0.408 e. The first-order valence-corrected chi connectivity index (χ1v) is 11.4. The van der Waals surface area contributed by atoms with Crippen LogP contribution in [0.2, 0.25) is 0 Å². The lowest BCUT2D eigenvalue weighted by Gasteiger charge is -2.36. The zero-order valence-corrected chi connectivity index (χ0v) is 20.4. The Morgan fingerprint density at radius 2 is 1.68 bits per heavy atom. The SMILES string of the molecule is CCOC(=S)SC(CCN1C(=O)c2ccccc2C1=O)C(C)(C)NC(=O)OC(C)(C)C. The summed E-state index contributed by atoms with van der Waals surface area (Å²) in [5.74, 6) is -0.621. The molecule has 1 aliphatic heterocycles. The van der Waals surface area contributed by atoms with Gasteiger partial charge in [0.15, 0.2) is 0 Å². The number of carbonyl (C=O) groups is 3. The number of ether oxygens (including phenoxy) is 2. The second kappa shape index (κ2) is 9.99. The Balaban J connectivity index is 2.14. The van der Waals surface area contributed by atoms with Crippen molar-refractivity contribution in [2.75, 3.05) is 13.2 Å². The minimum Gasteiger partial charge on any atom is -0.479 e. The number of fused-ring (bicyclic) bond motifs is 1. The van der Waals surface area contributed by atoms with Gasteiger partial charge in [0.05, 0.1) is 23.3 Å². The molecular weight excluding hydrogens is 436 g/mol. The molecule has 3 amide bonds. The van der Waals surface area contributed by atoms with Gasteiger partial charge < -0.3 is 14.8 Å². The summed E-state index contributed by atoms with van der Waals surface area (Å²) in [4.78, 5) is 39.0. The third-order valence-electron chi connectivity index (χ3n) is 4.62. The predicted molar refractivity (Wildman–Crippen MR) is 125 cm³/mol. The van der Waals surface area contributed by atoms with Crippen LogP contribution >= 0.6 is 24.0 Å². The fourth-order valence-corrected chi connectivity index (χ4v) is 4.63. The van der Waals surface area contributed by atoms with Crippen molar-refractivity contribution in [3.8, 4) is 0 Å². The third kappa shape index (κ3) is 6.67. The van der Waals surface area contributed by atoms with Crippen LogP contribution in [0.1, 0.15) is 68.7 Å². The summed E-state index contributed by atoms with van der Waals surface area (Å²) in [7, 11) is 0. The van der Waals surface area contributed by atoms with Gasteiger partial charge in [0.1, 0.15) is 5.60 Å². The van der Waals surface area contributed by atoms with E-state index in [0.717, 1.165) is 0 Å². The van der Waals surface area contributed by atoms with Crippen molar-refractivity contribution in [3.05, 3.63) is 35.4 Å². The molecule has 0 aliphatic carbocycles. The van der Waals surface area contributed by atoms with E-state index in [1.807, 2.05) is 20.8 Å². The first kappa shape index (κ1) is 25.1. The first-order chi connectivity index (χ1) is 14.4. The number of hydrogen-bond acceptors (Lipinski definition) is 7. The topological polar surface area (TPSA) is 84.9 Å². The lowest BCUT2D eigenvalue weighted by Crippen LogP contribution is -2.53. The van der Waals surface area contributed by atoms with Crippen LogP contribution in [0.5, 0.6) is 0 Å². The van der Waals surface area contributed by atoms with Gasteiger partial charge in [-0.1, -0.05) is 23.9 Å². The summed E-state index contributed by atoms with van der Waals surface area (Å²) < 4.78 is 11.2. The number of nitrogens with one attached hydrogen (secondary N) is 1. The lowest BCUT2D eigenvalue weighted by atomic mass is 9.97. The molecule has 0 aromatic heterocycles. The van der Waals surface area contributed by atoms with Gasteiger partial charge in [-0.2, -0.15) is 0 Å². The summed E-state index contributed by atoms with van der Waals surface area (Å²) in [5.41, 5.74) is -0.573. The molecule has 1 aromatic rings. The fraction of sp³-hybridized carbons (Fsp3) is 0.545. The highest BCUT2D eigenvalue weighted by atomic mass is 32.2. The molecule has 0 fully saturated rings. The Bertz CT molecular complexity index is 829. The monoisotopic (exact) mass is 466 g/mol. The van der Waals surface area contributed by atoms with Crippen molar-refractivity contribution in [1.29, 1.82) is 0 Å². The molecule has 0 saturated heterocycles. The van der Waals surface area contributed by atoms with Crippen molar-refractivity contribution in [3.63, 3.8) is 0 Å². The van der Waals surface area contributed by atoms with Crippen LogP contribution in [-0.2, 0) is 9.47 Å². The third-order valence-corrected chi connectivity index (χ3v) is 6.45. The van der Waals surface area contributed by atoms with E-state index in [9.17, 15) is 14.4 Å². The number of alkyl carbamates (subject to hydrolysis) is 1. The van der Waals surface area contributed by atoms with Gasteiger partial charge >= 0.3 is 6.09 Å².